The molecule has 8 atom stereocenters. The maximum Gasteiger partial charge on any atom is 0.229 e. The van der Waals surface area contributed by atoms with Crippen LogP contribution in [0.15, 0.2) is 58.5 Å². The summed E-state index contributed by atoms with van der Waals surface area (Å²) < 4.78 is 4.93. The molecule has 0 radical (unpaired) electrons. The van der Waals surface area contributed by atoms with Gasteiger partial charge in [-0.25, -0.2) is 0 Å². The van der Waals surface area contributed by atoms with Gasteiger partial charge in [-0.15, -0.1) is 11.6 Å². The predicted molar refractivity (Wildman–Crippen MR) is 248 cm³/mol. The lowest BCUT2D eigenvalue weighted by Gasteiger charge is -2.56. The molecule has 12 nitrogen and oxygen atoms in total. The number of para-hydroxylation sites is 2. The van der Waals surface area contributed by atoms with Gasteiger partial charge >= 0.3 is 0 Å². The summed E-state index contributed by atoms with van der Waals surface area (Å²) in [6, 6.07) is 15.5. The number of nitrogens with zero attached hydrogens (tertiary/aromatic N) is 2. The van der Waals surface area contributed by atoms with Crippen molar-refractivity contribution < 1.29 is 14.6 Å². The Balaban J connectivity index is 1.04. The second-order valence-corrected chi connectivity index (χ2v) is 21.1. The fourth-order valence-electron chi connectivity index (χ4n) is 11.4. The molecule has 320 valence electrons. The minimum Gasteiger partial charge on any atom is -0.385 e. The Morgan fingerprint density at radius 1 is 0.900 bits per heavy atom. The van der Waals surface area contributed by atoms with E-state index in [1.54, 1.807) is 11.8 Å². The average Bonchev–Trinajstić information content (AvgIpc) is 4.11. The van der Waals surface area contributed by atoms with E-state index in [0.29, 0.717) is 37.9 Å². The molecule has 1 saturated carbocycles. The number of hydrogen-bond donors (Lipinski definition) is 8. The number of thioether (sulfide) groups is 2. The van der Waals surface area contributed by atoms with E-state index in [4.69, 9.17) is 32.1 Å². The summed E-state index contributed by atoms with van der Waals surface area (Å²) in [4.78, 5) is 33.1. The number of aliphatic hydroxyl groups is 1. The molecule has 60 heavy (non-hydrogen) atoms. The van der Waals surface area contributed by atoms with Gasteiger partial charge < -0.3 is 46.8 Å². The number of ether oxygens (including phenoxy) is 1. The van der Waals surface area contributed by atoms with Gasteiger partial charge in [-0.2, -0.15) is 0 Å². The number of halogens is 1. The van der Waals surface area contributed by atoms with Crippen molar-refractivity contribution in [2.75, 3.05) is 50.0 Å². The van der Waals surface area contributed by atoms with E-state index in [2.05, 4.69) is 86.7 Å². The summed E-state index contributed by atoms with van der Waals surface area (Å²) in [5, 5.41) is 32.3. The van der Waals surface area contributed by atoms with Gasteiger partial charge in [-0.3, -0.25) is 14.8 Å². The normalized spacial score (nSPS) is 29.9. The summed E-state index contributed by atoms with van der Waals surface area (Å²) in [5.74, 6) is -0.316. The summed E-state index contributed by atoms with van der Waals surface area (Å²) >= 11 is 10.6. The summed E-state index contributed by atoms with van der Waals surface area (Å²) in [5.41, 5.74) is 9.48. The van der Waals surface area contributed by atoms with Gasteiger partial charge in [0, 0.05) is 47.9 Å². The van der Waals surface area contributed by atoms with Gasteiger partial charge in [-0.05, 0) is 101 Å². The highest BCUT2D eigenvalue weighted by molar-refractivity contribution is 8.16. The first-order chi connectivity index (χ1) is 29.2. The maximum atomic E-state index is 14.9. The van der Waals surface area contributed by atoms with Crippen LogP contribution < -0.4 is 27.0 Å². The molecule has 0 spiro atoms. The molecule has 2 aromatic carbocycles. The van der Waals surface area contributed by atoms with Gasteiger partial charge in [0.15, 0.2) is 0 Å². The fraction of sp³-hybridized carbons (Fsp3) is 0.578. The number of nitrogens with two attached hydrogens (primary N) is 1. The molecule has 1 amide bonds. The molecule has 4 aromatic rings. The van der Waals surface area contributed by atoms with Crippen molar-refractivity contribution >= 4 is 84.3 Å². The van der Waals surface area contributed by atoms with E-state index in [9.17, 15) is 9.90 Å². The number of aromatic amines is 2. The molecular weight excluding hydrogens is 814 g/mol. The third-order valence-corrected chi connectivity index (χ3v) is 17.1. The summed E-state index contributed by atoms with van der Waals surface area (Å²) in [7, 11) is 0. The quantitative estimate of drug-likeness (QED) is 0.0673. The first-order valence-corrected chi connectivity index (χ1v) is 24.3. The van der Waals surface area contributed by atoms with Crippen molar-refractivity contribution in [2.45, 2.75) is 104 Å². The molecule has 5 aliphatic heterocycles. The van der Waals surface area contributed by atoms with Crippen molar-refractivity contribution in [1.29, 1.82) is 0 Å². The maximum absolute atomic E-state index is 14.9. The molecule has 8 unspecified atom stereocenters. The number of carbonyl (C=O) groups excluding carboxylic acids is 1. The number of aliphatic imine (C=N–C) groups is 2. The van der Waals surface area contributed by atoms with Crippen LogP contribution >= 0.6 is 35.1 Å². The molecule has 6 aliphatic rings. The number of alkyl halides is 1. The van der Waals surface area contributed by atoms with Crippen LogP contribution in [0.3, 0.4) is 0 Å². The predicted octanol–water partition coefficient (Wildman–Crippen LogP) is 6.78. The van der Waals surface area contributed by atoms with Gasteiger partial charge in [0.1, 0.15) is 25.8 Å². The van der Waals surface area contributed by atoms with E-state index in [1.807, 2.05) is 0 Å². The number of rotatable bonds is 13. The number of nitrogens with one attached hydrogen (secondary N) is 6. The van der Waals surface area contributed by atoms with Crippen LogP contribution in [0.1, 0.15) is 76.1 Å². The molecule has 4 fully saturated rings. The van der Waals surface area contributed by atoms with Crippen molar-refractivity contribution in [2.24, 2.45) is 33.0 Å². The number of carbonyl (C=O) groups is 1. The lowest BCUT2D eigenvalue weighted by molar-refractivity contribution is -0.175. The third-order valence-electron chi connectivity index (χ3n) is 14.4. The number of anilines is 2. The van der Waals surface area contributed by atoms with E-state index >= 15 is 0 Å². The van der Waals surface area contributed by atoms with E-state index in [0.717, 1.165) is 100 Å². The molecule has 3 saturated heterocycles. The lowest BCUT2D eigenvalue weighted by atomic mass is 9.53. The van der Waals surface area contributed by atoms with Crippen LogP contribution in [0, 0.1) is 17.3 Å². The minimum absolute atomic E-state index is 0.177. The number of aromatic nitrogens is 2. The van der Waals surface area contributed by atoms with Gasteiger partial charge in [0.05, 0.1) is 45.9 Å². The Kier molecular flexibility index (Phi) is 11.4. The first-order valence-electron chi connectivity index (χ1n) is 22.2. The SMILES string of the molecule is CC1SC(c2cc3cccc(NCC4CCOCC4)c3[nH]2)=NC1C(O)(C1CCCN1)C(C(N)=O)(C1CCNC1)C1N=C(c2cc3cccc(NC4CCCC4)c3[nH]2)SC1Cl. The largest absolute Gasteiger partial charge is 0.385 e. The number of benzene rings is 2. The smallest absolute Gasteiger partial charge is 0.229 e. The molecule has 7 heterocycles. The standard InChI is InChI=1S/C45H58ClN9O3S2/c1-25-38(54-41(59-25)33-21-27-7-4-11-31(36(27)52-33)50-23-26-15-19-58-20-16-26)45(57,35-13-6-17-49-35)44(43(47)56,29-14-18-48-24-29)39-40(46)60-42(55-39)34-22-28-8-5-12-32(37(28)53-34)51-30-9-2-3-10-30/h4-5,7-8,11-12,21-22,25-26,29-30,35,38-40,48-53,57H,2-3,6,9-10,13-20,23-24H2,1H3,(H2,47,56). The van der Waals surface area contributed by atoms with Crippen molar-refractivity contribution in [3.8, 4) is 0 Å². The van der Waals surface area contributed by atoms with Crippen LogP contribution in [0.4, 0.5) is 11.4 Å². The van der Waals surface area contributed by atoms with Crippen LogP contribution in [0.2, 0.25) is 0 Å². The zero-order chi connectivity index (χ0) is 41.0. The number of amides is 1. The zero-order valence-electron chi connectivity index (χ0n) is 34.3. The number of primary amides is 1. The molecular formula is C45H58ClN9O3S2. The second-order valence-electron chi connectivity index (χ2n) is 17.9. The van der Waals surface area contributed by atoms with Crippen LogP contribution in [-0.2, 0) is 9.53 Å². The molecule has 15 heteroatoms. The Hall–Kier alpha value is -3.24. The van der Waals surface area contributed by atoms with Crippen molar-refractivity contribution in [3.05, 3.63) is 59.9 Å². The zero-order valence-corrected chi connectivity index (χ0v) is 36.7. The monoisotopic (exact) mass is 871 g/mol. The van der Waals surface area contributed by atoms with E-state index < -0.39 is 39.8 Å². The highest BCUT2D eigenvalue weighted by atomic mass is 35.5. The Morgan fingerprint density at radius 2 is 1.58 bits per heavy atom. The van der Waals surface area contributed by atoms with E-state index in [-0.39, 0.29) is 11.2 Å². The molecule has 1 aliphatic carbocycles. The molecule has 0 bridgehead atoms. The van der Waals surface area contributed by atoms with E-state index in [1.165, 1.54) is 37.4 Å². The molecule has 10 rings (SSSR count). The number of fused-ring (bicyclic) bond motifs is 2. The highest BCUT2D eigenvalue weighted by Crippen LogP contribution is 2.58. The number of hydrogen-bond acceptors (Lipinski definition) is 11. The van der Waals surface area contributed by atoms with Gasteiger partial charge in [0.25, 0.3) is 0 Å². The number of H-pyrrole nitrogens is 2. The minimum atomic E-state index is -1.72. The molecule has 9 N–H and O–H groups in total. The van der Waals surface area contributed by atoms with Crippen LogP contribution in [-0.4, -0.2) is 110 Å². The Labute approximate surface area is 365 Å². The van der Waals surface area contributed by atoms with Gasteiger partial charge in [0.2, 0.25) is 5.91 Å². The van der Waals surface area contributed by atoms with Crippen LogP contribution in [0.5, 0.6) is 0 Å². The van der Waals surface area contributed by atoms with Crippen LogP contribution in [0.25, 0.3) is 21.8 Å². The highest BCUT2D eigenvalue weighted by Gasteiger charge is 2.72. The third kappa shape index (κ3) is 7.06. The molecule has 2 aromatic heterocycles. The van der Waals surface area contributed by atoms with Gasteiger partial charge in [-0.1, -0.05) is 67.6 Å². The first kappa shape index (κ1) is 40.8. The second kappa shape index (κ2) is 16.8. The Morgan fingerprint density at radius 3 is 2.25 bits per heavy atom. The summed E-state index contributed by atoms with van der Waals surface area (Å²) in [6.45, 7) is 6.60. The summed E-state index contributed by atoms with van der Waals surface area (Å²) in [6.07, 6.45) is 9.18. The topological polar surface area (TPSA) is 177 Å². The van der Waals surface area contributed by atoms with Crippen molar-refractivity contribution in [1.82, 2.24) is 20.6 Å². The fourth-order valence-corrected chi connectivity index (χ4v) is 14.1. The van der Waals surface area contributed by atoms with Crippen molar-refractivity contribution in [3.63, 3.8) is 0 Å². The Bertz CT molecular complexity index is 2280. The average molecular weight is 873 g/mol. The lowest BCUT2D eigenvalue weighted by Crippen LogP contribution is -2.76.